The molecule has 5 nitrogen and oxygen atoms in total. The van der Waals surface area contributed by atoms with Gasteiger partial charge in [-0.2, -0.15) is 11.3 Å². The average molecular weight is 302 g/mol. The molecule has 0 aliphatic heterocycles. The average Bonchev–Trinajstić information content (AvgIpc) is 3.14. The van der Waals surface area contributed by atoms with E-state index in [2.05, 4.69) is 16.6 Å². The SMILES string of the molecule is N/C(=N/O)c1oc2ccccc2c1OCCc1ccsc1. The van der Waals surface area contributed by atoms with Crippen LogP contribution in [0.2, 0.25) is 0 Å². The predicted octanol–water partition coefficient (Wildman–Crippen LogP) is 3.21. The molecule has 0 spiro atoms. The van der Waals surface area contributed by atoms with Gasteiger partial charge in [0.25, 0.3) is 0 Å². The maximum Gasteiger partial charge on any atom is 0.215 e. The summed E-state index contributed by atoms with van der Waals surface area (Å²) in [4.78, 5) is 0. The van der Waals surface area contributed by atoms with E-state index in [1.807, 2.05) is 29.6 Å². The van der Waals surface area contributed by atoms with Crippen LogP contribution in [0.1, 0.15) is 11.3 Å². The van der Waals surface area contributed by atoms with E-state index < -0.39 is 0 Å². The Morgan fingerprint density at radius 3 is 2.95 bits per heavy atom. The van der Waals surface area contributed by atoms with Gasteiger partial charge in [-0.3, -0.25) is 0 Å². The lowest BCUT2D eigenvalue weighted by molar-refractivity contribution is 0.310. The van der Waals surface area contributed by atoms with Gasteiger partial charge in [-0.05, 0) is 34.5 Å². The highest BCUT2D eigenvalue weighted by Gasteiger charge is 2.18. The zero-order valence-corrected chi connectivity index (χ0v) is 12.0. The van der Waals surface area contributed by atoms with Gasteiger partial charge >= 0.3 is 0 Å². The molecule has 21 heavy (non-hydrogen) atoms. The van der Waals surface area contributed by atoms with Gasteiger partial charge in [0.2, 0.25) is 11.6 Å². The van der Waals surface area contributed by atoms with Gasteiger partial charge in [-0.15, -0.1) is 0 Å². The molecule has 3 N–H and O–H groups in total. The summed E-state index contributed by atoms with van der Waals surface area (Å²) in [6.45, 7) is 0.492. The predicted molar refractivity (Wildman–Crippen MR) is 82.2 cm³/mol. The number of oxime groups is 1. The van der Waals surface area contributed by atoms with Crippen LogP contribution in [-0.4, -0.2) is 17.6 Å². The number of fused-ring (bicyclic) bond motifs is 1. The number of para-hydroxylation sites is 1. The summed E-state index contributed by atoms with van der Waals surface area (Å²) >= 11 is 1.66. The highest BCUT2D eigenvalue weighted by atomic mass is 32.1. The van der Waals surface area contributed by atoms with Crippen molar-refractivity contribution in [2.24, 2.45) is 10.9 Å². The molecule has 108 valence electrons. The molecule has 0 aliphatic carbocycles. The van der Waals surface area contributed by atoms with Crippen LogP contribution >= 0.6 is 11.3 Å². The monoisotopic (exact) mass is 302 g/mol. The van der Waals surface area contributed by atoms with Crippen molar-refractivity contribution >= 4 is 28.1 Å². The zero-order chi connectivity index (χ0) is 14.7. The van der Waals surface area contributed by atoms with Gasteiger partial charge in [0.05, 0.1) is 12.0 Å². The number of rotatable bonds is 5. The smallest absolute Gasteiger partial charge is 0.215 e. The maximum atomic E-state index is 8.86. The summed E-state index contributed by atoms with van der Waals surface area (Å²) in [6, 6.07) is 9.50. The van der Waals surface area contributed by atoms with Crippen LogP contribution in [0, 0.1) is 0 Å². The van der Waals surface area contributed by atoms with Crippen LogP contribution < -0.4 is 10.5 Å². The Morgan fingerprint density at radius 2 is 2.19 bits per heavy atom. The summed E-state index contributed by atoms with van der Waals surface area (Å²) in [6.07, 6.45) is 0.790. The maximum absolute atomic E-state index is 8.86. The Balaban J connectivity index is 1.88. The van der Waals surface area contributed by atoms with Crippen molar-refractivity contribution < 1.29 is 14.4 Å². The third kappa shape index (κ3) is 2.71. The minimum absolute atomic E-state index is 0.100. The quantitative estimate of drug-likeness (QED) is 0.328. The molecule has 2 aromatic heterocycles. The first-order chi connectivity index (χ1) is 10.3. The molecule has 0 saturated carbocycles. The molecule has 0 aliphatic rings. The summed E-state index contributed by atoms with van der Waals surface area (Å²) in [7, 11) is 0. The van der Waals surface area contributed by atoms with E-state index in [0.29, 0.717) is 17.9 Å². The number of benzene rings is 1. The Morgan fingerprint density at radius 1 is 1.33 bits per heavy atom. The first-order valence-electron chi connectivity index (χ1n) is 6.43. The van der Waals surface area contributed by atoms with Crippen molar-refractivity contribution in [2.75, 3.05) is 6.61 Å². The Hall–Kier alpha value is -2.47. The lowest BCUT2D eigenvalue weighted by Gasteiger charge is -2.05. The lowest BCUT2D eigenvalue weighted by Crippen LogP contribution is -2.14. The fraction of sp³-hybridized carbons (Fsp3) is 0.133. The van der Waals surface area contributed by atoms with E-state index >= 15 is 0 Å². The van der Waals surface area contributed by atoms with Gasteiger partial charge in [-0.25, -0.2) is 0 Å². The molecule has 0 saturated heterocycles. The lowest BCUT2D eigenvalue weighted by atomic mass is 10.2. The van der Waals surface area contributed by atoms with E-state index in [0.717, 1.165) is 11.8 Å². The van der Waals surface area contributed by atoms with E-state index in [9.17, 15) is 0 Å². The summed E-state index contributed by atoms with van der Waals surface area (Å²) < 4.78 is 11.4. The van der Waals surface area contributed by atoms with Gasteiger partial charge in [0, 0.05) is 6.42 Å². The fourth-order valence-corrected chi connectivity index (χ4v) is 2.79. The van der Waals surface area contributed by atoms with E-state index in [1.54, 1.807) is 11.3 Å². The molecule has 0 bridgehead atoms. The molecule has 3 aromatic rings. The molecule has 6 heteroatoms. The molecule has 0 unspecified atom stereocenters. The van der Waals surface area contributed by atoms with Crippen LogP contribution in [0.15, 0.2) is 50.7 Å². The molecule has 1 aromatic carbocycles. The zero-order valence-electron chi connectivity index (χ0n) is 11.2. The van der Waals surface area contributed by atoms with Crippen molar-refractivity contribution in [2.45, 2.75) is 6.42 Å². The summed E-state index contributed by atoms with van der Waals surface area (Å²) in [5.74, 6) is 0.664. The van der Waals surface area contributed by atoms with Crippen molar-refractivity contribution in [1.82, 2.24) is 0 Å². The normalized spacial score (nSPS) is 11.9. The number of nitrogens with two attached hydrogens (primary N) is 1. The molecule has 0 amide bonds. The topological polar surface area (TPSA) is 81.0 Å². The minimum Gasteiger partial charge on any atom is -0.488 e. The summed E-state index contributed by atoms with van der Waals surface area (Å²) in [5, 5.41) is 16.8. The van der Waals surface area contributed by atoms with Crippen LogP contribution in [0.5, 0.6) is 5.75 Å². The molecule has 0 fully saturated rings. The third-order valence-electron chi connectivity index (χ3n) is 3.11. The van der Waals surface area contributed by atoms with Crippen molar-refractivity contribution in [3.05, 3.63) is 52.4 Å². The molecule has 2 heterocycles. The van der Waals surface area contributed by atoms with Crippen LogP contribution in [0.3, 0.4) is 0 Å². The van der Waals surface area contributed by atoms with Crippen LogP contribution in [0.25, 0.3) is 11.0 Å². The van der Waals surface area contributed by atoms with Gasteiger partial charge < -0.3 is 20.1 Å². The first kappa shape index (κ1) is 13.5. The van der Waals surface area contributed by atoms with Gasteiger partial charge in [0.1, 0.15) is 5.58 Å². The molecule has 3 rings (SSSR count). The Kier molecular flexibility index (Phi) is 3.79. The van der Waals surface area contributed by atoms with E-state index in [-0.39, 0.29) is 11.6 Å². The van der Waals surface area contributed by atoms with Crippen molar-refractivity contribution in [3.63, 3.8) is 0 Å². The minimum atomic E-state index is -0.100. The second-order valence-electron chi connectivity index (χ2n) is 4.47. The Labute approximate surface area is 125 Å². The Bertz CT molecular complexity index is 762. The van der Waals surface area contributed by atoms with Gasteiger partial charge in [0.15, 0.2) is 5.75 Å². The molecular formula is C15H14N2O3S. The third-order valence-corrected chi connectivity index (χ3v) is 3.84. The number of thiophene rings is 1. The number of hydrogen-bond donors (Lipinski definition) is 2. The first-order valence-corrected chi connectivity index (χ1v) is 7.37. The largest absolute Gasteiger partial charge is 0.488 e. The highest BCUT2D eigenvalue weighted by molar-refractivity contribution is 7.07. The van der Waals surface area contributed by atoms with Crippen LogP contribution in [0.4, 0.5) is 0 Å². The molecule has 0 radical (unpaired) electrons. The van der Waals surface area contributed by atoms with E-state index in [4.69, 9.17) is 20.1 Å². The fourth-order valence-electron chi connectivity index (χ4n) is 2.09. The van der Waals surface area contributed by atoms with Crippen molar-refractivity contribution in [3.8, 4) is 5.75 Å². The standard InChI is InChI=1S/C15H14N2O3S/c16-15(17-18)14-13(11-3-1-2-4-12(11)20-14)19-7-5-10-6-8-21-9-10/h1-4,6,8-9,18H,5,7H2,(H2,16,17). The van der Waals surface area contributed by atoms with Gasteiger partial charge in [-0.1, -0.05) is 17.3 Å². The number of hydrogen-bond acceptors (Lipinski definition) is 5. The van der Waals surface area contributed by atoms with Crippen molar-refractivity contribution in [1.29, 1.82) is 0 Å². The molecule has 0 atom stereocenters. The number of nitrogens with zero attached hydrogens (tertiary/aromatic N) is 1. The number of amidine groups is 1. The molecular weight excluding hydrogens is 288 g/mol. The number of ether oxygens (including phenoxy) is 1. The number of furan rings is 1. The van der Waals surface area contributed by atoms with Crippen LogP contribution in [-0.2, 0) is 6.42 Å². The second kappa shape index (κ2) is 5.88. The summed E-state index contributed by atoms with van der Waals surface area (Å²) in [5.41, 5.74) is 7.52. The van der Waals surface area contributed by atoms with E-state index in [1.165, 1.54) is 5.56 Å². The second-order valence-corrected chi connectivity index (χ2v) is 5.25. The highest BCUT2D eigenvalue weighted by Crippen LogP contribution is 2.33.